The van der Waals surface area contributed by atoms with Gasteiger partial charge in [0.25, 0.3) is 0 Å². The van der Waals surface area contributed by atoms with E-state index in [2.05, 4.69) is 15.4 Å². The Hall–Kier alpha value is -5.15. The number of para-hydroxylation sites is 1. The third-order valence-corrected chi connectivity index (χ3v) is 13.8. The number of hydrogen-bond donors (Lipinski definition) is 3. The molecule has 14 nitrogen and oxygen atoms in total. The molecule has 1 spiro atoms. The Morgan fingerprint density at radius 1 is 0.900 bits per heavy atom. The number of hydrogen-bond acceptors (Lipinski definition) is 13. The predicted molar refractivity (Wildman–Crippen MR) is 229 cm³/mol. The second-order valence-corrected chi connectivity index (χ2v) is 17.9. The average Bonchev–Trinajstić information content (AvgIpc) is 3.54. The molecule has 60 heavy (non-hydrogen) atoms. The molecule has 2 aliphatic rings. The van der Waals surface area contributed by atoms with Gasteiger partial charge >= 0.3 is 19.4 Å². The highest BCUT2D eigenvalue weighted by Gasteiger charge is 2.61. The highest BCUT2D eigenvalue weighted by atomic mass is 32.2. The summed E-state index contributed by atoms with van der Waals surface area (Å²) >= 11 is 1.48. The molecule has 1 aromatic heterocycles. The van der Waals surface area contributed by atoms with Crippen LogP contribution in [-0.2, 0) is 28.9 Å². The molecule has 7 rings (SSSR count). The van der Waals surface area contributed by atoms with Crippen molar-refractivity contribution in [2.45, 2.75) is 68.1 Å². The van der Waals surface area contributed by atoms with Gasteiger partial charge in [-0.3, -0.25) is 13.9 Å². The molecule has 6 atom stereocenters. The van der Waals surface area contributed by atoms with Gasteiger partial charge in [-0.05, 0) is 92.1 Å². The maximum Gasteiger partial charge on any atom is 0.459 e. The van der Waals surface area contributed by atoms with Crippen LogP contribution in [0.2, 0.25) is 0 Å². The molecule has 2 fully saturated rings. The number of aliphatic hydroxyl groups excluding tert-OH is 1. The lowest BCUT2D eigenvalue weighted by atomic mass is 9.77. The minimum absolute atomic E-state index is 0.233. The maximum absolute atomic E-state index is 14.2. The van der Waals surface area contributed by atoms with Gasteiger partial charge in [0.2, 0.25) is 0 Å². The Labute approximate surface area is 353 Å². The van der Waals surface area contributed by atoms with Gasteiger partial charge < -0.3 is 33.9 Å². The zero-order chi connectivity index (χ0) is 42.5. The van der Waals surface area contributed by atoms with Crippen molar-refractivity contribution in [2.24, 2.45) is 0 Å². The molecule has 3 heterocycles. The molecule has 0 aliphatic carbocycles. The second kappa shape index (κ2) is 18.2. The number of rotatable bonds is 17. The molecule has 0 radical (unpaired) electrons. The lowest BCUT2D eigenvalue weighted by molar-refractivity contribution is -0.149. The fourth-order valence-corrected chi connectivity index (χ4v) is 10.3. The summed E-state index contributed by atoms with van der Waals surface area (Å²) in [5, 5.41) is 18.1. The van der Waals surface area contributed by atoms with Gasteiger partial charge in [-0.1, -0.05) is 72.8 Å². The summed E-state index contributed by atoms with van der Waals surface area (Å²) in [5.41, 5.74) is 0.945. The largest absolute Gasteiger partial charge is 0.497 e. The van der Waals surface area contributed by atoms with Crippen LogP contribution in [0, 0.1) is 0 Å². The Bertz CT molecular complexity index is 2280. The van der Waals surface area contributed by atoms with E-state index in [0.717, 1.165) is 22.4 Å². The van der Waals surface area contributed by atoms with E-state index in [4.69, 9.17) is 28.0 Å². The number of benzene rings is 4. The van der Waals surface area contributed by atoms with E-state index in [0.29, 0.717) is 17.9 Å². The number of nitrogens with zero attached hydrogens (tertiary/aromatic N) is 2. The third kappa shape index (κ3) is 8.83. The molecule has 3 N–H and O–H groups in total. The van der Waals surface area contributed by atoms with Crippen molar-refractivity contribution in [2.75, 3.05) is 31.9 Å². The highest BCUT2D eigenvalue weighted by molar-refractivity contribution is 8.02. The first-order valence-electron chi connectivity index (χ1n) is 19.6. The van der Waals surface area contributed by atoms with Crippen LogP contribution < -0.4 is 30.1 Å². The van der Waals surface area contributed by atoms with Crippen LogP contribution in [0.5, 0.6) is 17.2 Å². The number of anilines is 1. The fourth-order valence-electron chi connectivity index (χ4n) is 7.46. The Balaban J connectivity index is 1.18. The number of thioether (sulfide) groups is 1. The lowest BCUT2D eigenvalue weighted by Gasteiger charge is -2.43. The van der Waals surface area contributed by atoms with Crippen LogP contribution >= 0.6 is 19.5 Å². The molecular formula is C44H49N4O10PS. The topological polar surface area (TPSA) is 169 Å². The van der Waals surface area contributed by atoms with E-state index in [1.165, 1.54) is 23.3 Å². The standard InChI is InChI=1S/C44H49N4O10PS/c1-29(2)56-40(50)30(3)47-59(52,58-36-14-10-7-11-15-36)55-28-37-39(49)43(25-27-60-43)41(57-37)48-26-24-38(45-42(48)51)46-44(31-12-8-6-9-13-31,32-16-20-34(53-4)21-17-32)33-18-22-35(54-5)23-19-33/h6-24,26,29-30,37,39,41,49H,25,27-28H2,1-5H3,(H,47,52)(H,45,46,51)/t30-,37+,39+,41+,43+,59?/m0/s1. The number of carbonyl (C=O) groups is 1. The van der Waals surface area contributed by atoms with Crippen LogP contribution in [0.3, 0.4) is 0 Å². The Morgan fingerprint density at radius 2 is 1.47 bits per heavy atom. The quantitative estimate of drug-likeness (QED) is 0.0500. The van der Waals surface area contributed by atoms with Gasteiger partial charge in [0.1, 0.15) is 46.9 Å². The molecule has 5 aromatic rings. The smallest absolute Gasteiger partial charge is 0.459 e. The molecule has 0 amide bonds. The van der Waals surface area contributed by atoms with E-state index in [-0.39, 0.29) is 11.6 Å². The van der Waals surface area contributed by atoms with Crippen molar-refractivity contribution in [3.8, 4) is 17.2 Å². The average molecular weight is 857 g/mol. The zero-order valence-corrected chi connectivity index (χ0v) is 35.6. The first-order chi connectivity index (χ1) is 28.9. The highest BCUT2D eigenvalue weighted by Crippen LogP contribution is 2.57. The van der Waals surface area contributed by atoms with Crippen molar-refractivity contribution in [3.05, 3.63) is 149 Å². The minimum Gasteiger partial charge on any atom is -0.497 e. The molecule has 0 saturated carbocycles. The van der Waals surface area contributed by atoms with Crippen molar-refractivity contribution in [3.63, 3.8) is 0 Å². The molecule has 2 aliphatic heterocycles. The second-order valence-electron chi connectivity index (χ2n) is 14.8. The number of aromatic nitrogens is 2. The Kier molecular flexibility index (Phi) is 13.0. The number of carbonyl (C=O) groups excluding carboxylic acids is 1. The monoisotopic (exact) mass is 856 g/mol. The van der Waals surface area contributed by atoms with Gasteiger partial charge in [-0.15, -0.1) is 11.8 Å². The molecule has 1 unspecified atom stereocenters. The lowest BCUT2D eigenvalue weighted by Crippen LogP contribution is -2.51. The summed E-state index contributed by atoms with van der Waals surface area (Å²) in [7, 11) is -1.05. The van der Waals surface area contributed by atoms with E-state index in [1.807, 2.05) is 78.9 Å². The van der Waals surface area contributed by atoms with Crippen molar-refractivity contribution in [1.82, 2.24) is 14.6 Å². The van der Waals surface area contributed by atoms with E-state index >= 15 is 0 Å². The zero-order valence-electron chi connectivity index (χ0n) is 33.9. The summed E-state index contributed by atoms with van der Waals surface area (Å²) in [6, 6.07) is 34.3. The summed E-state index contributed by atoms with van der Waals surface area (Å²) in [5.74, 6) is 1.97. The predicted octanol–water partition coefficient (Wildman–Crippen LogP) is 6.93. The Morgan fingerprint density at radius 3 is 1.98 bits per heavy atom. The van der Waals surface area contributed by atoms with Gasteiger partial charge in [0.05, 0.1) is 31.7 Å². The van der Waals surface area contributed by atoms with Crippen LogP contribution in [0.1, 0.15) is 50.1 Å². The molecule has 316 valence electrons. The SMILES string of the molecule is COc1ccc(C(Nc2ccn([C@@H]3O[C@H](COP(=O)(N[C@@H](C)C(=O)OC(C)C)Oc4ccccc4)[C@@H](O)[C@]34CCS4)c(=O)n2)(c2ccccc2)c2ccc(OC)cc2)cc1. The first-order valence-corrected chi connectivity index (χ1v) is 22.1. The summed E-state index contributed by atoms with van der Waals surface area (Å²) in [6.07, 6.45) is -1.37. The van der Waals surface area contributed by atoms with Crippen LogP contribution in [0.25, 0.3) is 0 Å². The maximum atomic E-state index is 14.2. The molecule has 4 aromatic carbocycles. The first kappa shape index (κ1) is 43.0. The number of aliphatic hydroxyl groups is 1. The van der Waals surface area contributed by atoms with Gasteiger partial charge in [-0.2, -0.15) is 10.1 Å². The van der Waals surface area contributed by atoms with Crippen molar-refractivity contribution < 1.29 is 42.5 Å². The minimum atomic E-state index is -4.27. The number of esters is 1. The van der Waals surface area contributed by atoms with E-state index in [9.17, 15) is 19.3 Å². The summed E-state index contributed by atoms with van der Waals surface area (Å²) < 4.78 is 49.1. The summed E-state index contributed by atoms with van der Waals surface area (Å²) in [4.78, 5) is 31.4. The molecule has 2 saturated heterocycles. The van der Waals surface area contributed by atoms with E-state index in [1.54, 1.807) is 70.7 Å². The van der Waals surface area contributed by atoms with Crippen LogP contribution in [0.15, 0.2) is 126 Å². The summed E-state index contributed by atoms with van der Waals surface area (Å²) in [6.45, 7) is 4.51. The normalized spacial score (nSPS) is 21.4. The van der Waals surface area contributed by atoms with Crippen LogP contribution in [-0.4, -0.2) is 76.3 Å². The molecule has 16 heteroatoms. The number of methoxy groups -OCH3 is 2. The van der Waals surface area contributed by atoms with Crippen LogP contribution in [0.4, 0.5) is 5.82 Å². The fraction of sp³-hybridized carbons (Fsp3) is 0.341. The van der Waals surface area contributed by atoms with Gasteiger partial charge in [-0.25, -0.2) is 9.36 Å². The van der Waals surface area contributed by atoms with Gasteiger partial charge in [0.15, 0.2) is 6.23 Å². The van der Waals surface area contributed by atoms with Gasteiger partial charge in [0, 0.05) is 6.20 Å². The van der Waals surface area contributed by atoms with Crippen molar-refractivity contribution in [1.29, 1.82) is 0 Å². The molecule has 0 bridgehead atoms. The third-order valence-electron chi connectivity index (χ3n) is 10.5. The van der Waals surface area contributed by atoms with Crippen molar-refractivity contribution >= 4 is 31.3 Å². The number of nitrogens with one attached hydrogen (secondary N) is 2. The number of ether oxygens (including phenoxy) is 4. The molecular weight excluding hydrogens is 808 g/mol. The van der Waals surface area contributed by atoms with E-state index < -0.39 is 66.9 Å².